The molecule has 1 atom stereocenters. The average Bonchev–Trinajstić information content (AvgIpc) is 3.12. The predicted molar refractivity (Wildman–Crippen MR) is 104 cm³/mol. The van der Waals surface area contributed by atoms with E-state index in [0.717, 1.165) is 28.1 Å². The van der Waals surface area contributed by atoms with E-state index in [1.54, 1.807) is 0 Å². The molecule has 10 heteroatoms. The van der Waals surface area contributed by atoms with Crippen molar-refractivity contribution in [3.05, 3.63) is 58.9 Å². The Bertz CT molecular complexity index is 1040. The monoisotopic (exact) mass is 417 g/mol. The molecule has 3 aromatic rings. The van der Waals surface area contributed by atoms with Gasteiger partial charge in [0.1, 0.15) is 5.82 Å². The van der Waals surface area contributed by atoms with Gasteiger partial charge in [0, 0.05) is 5.56 Å². The maximum atomic E-state index is 13.1. The molecule has 1 unspecified atom stereocenters. The van der Waals surface area contributed by atoms with Gasteiger partial charge in [0.05, 0.1) is 10.7 Å². The highest BCUT2D eigenvalue weighted by Crippen LogP contribution is 2.22. The minimum atomic E-state index is -1.11. The fourth-order valence-electron chi connectivity index (χ4n) is 2.36. The molecule has 0 bridgehead atoms. The van der Waals surface area contributed by atoms with Crippen LogP contribution >= 0.6 is 11.6 Å². The predicted octanol–water partition coefficient (Wildman–Crippen LogP) is 3.01. The smallest absolute Gasteiger partial charge is 0.330 e. The molecule has 0 fully saturated rings. The van der Waals surface area contributed by atoms with Crippen LogP contribution in [0.3, 0.4) is 0 Å². The summed E-state index contributed by atoms with van der Waals surface area (Å²) >= 11 is 5.86. The lowest BCUT2D eigenvalue weighted by atomic mass is 10.1. The Labute approximate surface area is 170 Å². The lowest BCUT2D eigenvalue weighted by Gasteiger charge is -2.14. The number of carbonyl (C=O) groups excluding carboxylic acids is 2. The topological polar surface area (TPSA) is 99.0 Å². The molecule has 2 aromatic carbocycles. The maximum absolute atomic E-state index is 13.1. The molecule has 1 aromatic heterocycles. The highest BCUT2D eigenvalue weighted by Gasteiger charge is 2.20. The van der Waals surface area contributed by atoms with E-state index in [9.17, 15) is 14.0 Å². The van der Waals surface area contributed by atoms with E-state index in [2.05, 4.69) is 20.7 Å². The SMILES string of the molecule is Cc1ccc(-c2nnn(CC(=O)OC(C)C(=O)Nc3ccc(F)cc3Cl)n2)cc1. The standard InChI is InChI=1S/C19H17ClFN5O3/c1-11-3-5-13(6-4-11)18-23-25-26(24-18)10-17(27)29-12(2)19(28)22-16-8-7-14(21)9-15(16)20/h3-9,12H,10H2,1-2H3,(H,22,28). The average molecular weight is 418 g/mol. The van der Waals surface area contributed by atoms with Crippen LogP contribution in [0.5, 0.6) is 0 Å². The van der Waals surface area contributed by atoms with Gasteiger partial charge in [-0.2, -0.15) is 4.80 Å². The molecule has 0 saturated heterocycles. The minimum absolute atomic E-state index is 0.0346. The van der Waals surface area contributed by atoms with Gasteiger partial charge < -0.3 is 10.1 Å². The van der Waals surface area contributed by atoms with E-state index < -0.39 is 23.8 Å². The van der Waals surface area contributed by atoms with E-state index >= 15 is 0 Å². The molecule has 0 radical (unpaired) electrons. The zero-order valence-corrected chi connectivity index (χ0v) is 16.4. The first-order valence-electron chi connectivity index (χ1n) is 8.62. The van der Waals surface area contributed by atoms with Crippen molar-refractivity contribution in [2.75, 3.05) is 5.32 Å². The van der Waals surface area contributed by atoms with Gasteiger partial charge in [-0.15, -0.1) is 10.2 Å². The van der Waals surface area contributed by atoms with Crippen molar-refractivity contribution in [2.24, 2.45) is 0 Å². The van der Waals surface area contributed by atoms with E-state index in [-0.39, 0.29) is 17.3 Å². The summed E-state index contributed by atoms with van der Waals surface area (Å²) in [6.07, 6.45) is -1.11. The summed E-state index contributed by atoms with van der Waals surface area (Å²) in [5, 5.41) is 14.4. The van der Waals surface area contributed by atoms with Crippen LogP contribution in [0.1, 0.15) is 12.5 Å². The number of nitrogens with one attached hydrogen (secondary N) is 1. The fraction of sp³-hybridized carbons (Fsp3) is 0.211. The Kier molecular flexibility index (Phi) is 6.18. The van der Waals surface area contributed by atoms with Crippen molar-refractivity contribution in [3.63, 3.8) is 0 Å². The largest absolute Gasteiger partial charge is 0.451 e. The molecule has 0 aliphatic heterocycles. The second-order valence-electron chi connectivity index (χ2n) is 6.25. The van der Waals surface area contributed by atoms with Gasteiger partial charge in [-0.05, 0) is 37.3 Å². The Morgan fingerprint density at radius 2 is 1.97 bits per heavy atom. The minimum Gasteiger partial charge on any atom is -0.451 e. The molecule has 3 rings (SSSR count). The molecule has 8 nitrogen and oxygen atoms in total. The van der Waals surface area contributed by atoms with Crippen LogP contribution in [0.15, 0.2) is 42.5 Å². The van der Waals surface area contributed by atoms with Crippen molar-refractivity contribution >= 4 is 29.2 Å². The highest BCUT2D eigenvalue weighted by molar-refractivity contribution is 6.33. The second kappa shape index (κ2) is 8.78. The number of hydrogen-bond acceptors (Lipinski definition) is 6. The summed E-state index contributed by atoms with van der Waals surface area (Å²) < 4.78 is 18.2. The van der Waals surface area contributed by atoms with Gasteiger partial charge in [0.15, 0.2) is 12.6 Å². The molecule has 0 spiro atoms. The molecule has 1 amide bonds. The Balaban J connectivity index is 1.56. The summed E-state index contributed by atoms with van der Waals surface area (Å²) in [6, 6.07) is 11.1. The Hall–Kier alpha value is -3.33. The van der Waals surface area contributed by atoms with Gasteiger partial charge in [-0.1, -0.05) is 41.4 Å². The Morgan fingerprint density at radius 1 is 1.24 bits per heavy atom. The molecule has 0 aliphatic carbocycles. The van der Waals surface area contributed by atoms with Crippen LogP contribution in [-0.2, 0) is 20.9 Å². The maximum Gasteiger partial charge on any atom is 0.330 e. The van der Waals surface area contributed by atoms with Crippen molar-refractivity contribution < 1.29 is 18.7 Å². The molecule has 29 heavy (non-hydrogen) atoms. The summed E-state index contributed by atoms with van der Waals surface area (Å²) in [5.74, 6) is -1.49. The van der Waals surface area contributed by atoms with Crippen LogP contribution in [0.4, 0.5) is 10.1 Å². The first-order valence-corrected chi connectivity index (χ1v) is 9.00. The van der Waals surface area contributed by atoms with Crippen LogP contribution in [0.25, 0.3) is 11.4 Å². The van der Waals surface area contributed by atoms with Gasteiger partial charge in [0.2, 0.25) is 5.82 Å². The van der Waals surface area contributed by atoms with Crippen LogP contribution in [-0.4, -0.2) is 38.2 Å². The van der Waals surface area contributed by atoms with Crippen LogP contribution in [0, 0.1) is 12.7 Å². The number of ether oxygens (including phenoxy) is 1. The molecule has 1 N–H and O–H groups in total. The third-order valence-electron chi connectivity index (χ3n) is 3.90. The number of tetrazole rings is 1. The Morgan fingerprint density at radius 3 is 2.66 bits per heavy atom. The zero-order valence-electron chi connectivity index (χ0n) is 15.6. The number of hydrogen-bond donors (Lipinski definition) is 1. The quantitative estimate of drug-likeness (QED) is 0.619. The van der Waals surface area contributed by atoms with Gasteiger partial charge in [-0.25, -0.2) is 9.18 Å². The lowest BCUT2D eigenvalue weighted by Crippen LogP contribution is -2.31. The number of nitrogens with zero attached hydrogens (tertiary/aromatic N) is 4. The fourth-order valence-corrected chi connectivity index (χ4v) is 2.57. The molecule has 0 saturated carbocycles. The molecule has 150 valence electrons. The third kappa shape index (κ3) is 5.35. The second-order valence-corrected chi connectivity index (χ2v) is 6.66. The zero-order chi connectivity index (χ0) is 21.0. The summed E-state index contributed by atoms with van der Waals surface area (Å²) in [7, 11) is 0. The first kappa shape index (κ1) is 20.4. The molecule has 0 aliphatic rings. The number of anilines is 1. The third-order valence-corrected chi connectivity index (χ3v) is 4.21. The van der Waals surface area contributed by atoms with E-state index in [1.807, 2.05) is 31.2 Å². The normalized spacial score (nSPS) is 11.7. The van der Waals surface area contributed by atoms with Gasteiger partial charge >= 0.3 is 5.97 Å². The number of aryl methyl sites for hydroxylation is 1. The van der Waals surface area contributed by atoms with Crippen molar-refractivity contribution in [2.45, 2.75) is 26.5 Å². The van der Waals surface area contributed by atoms with Crippen molar-refractivity contribution in [1.29, 1.82) is 0 Å². The van der Waals surface area contributed by atoms with E-state index in [1.165, 1.54) is 13.0 Å². The summed E-state index contributed by atoms with van der Waals surface area (Å²) in [4.78, 5) is 25.3. The highest BCUT2D eigenvalue weighted by atomic mass is 35.5. The number of benzene rings is 2. The molecule has 1 heterocycles. The van der Waals surface area contributed by atoms with Gasteiger partial charge in [0.25, 0.3) is 5.91 Å². The van der Waals surface area contributed by atoms with Crippen molar-refractivity contribution in [1.82, 2.24) is 20.2 Å². The molecular weight excluding hydrogens is 401 g/mol. The lowest BCUT2D eigenvalue weighted by molar-refractivity contribution is -0.154. The van der Waals surface area contributed by atoms with Gasteiger partial charge in [-0.3, -0.25) is 4.79 Å². The number of amides is 1. The number of esters is 1. The summed E-state index contributed by atoms with van der Waals surface area (Å²) in [6.45, 7) is 3.05. The number of carbonyl (C=O) groups is 2. The summed E-state index contributed by atoms with van der Waals surface area (Å²) in [5.41, 5.74) is 2.07. The number of aromatic nitrogens is 4. The molecular formula is C19H17ClFN5O3. The van der Waals surface area contributed by atoms with Crippen LogP contribution < -0.4 is 5.32 Å². The van der Waals surface area contributed by atoms with E-state index in [0.29, 0.717) is 5.82 Å². The first-order chi connectivity index (χ1) is 13.8. The number of halogens is 2. The van der Waals surface area contributed by atoms with Crippen molar-refractivity contribution in [3.8, 4) is 11.4 Å². The number of rotatable bonds is 6. The van der Waals surface area contributed by atoms with Crippen LogP contribution in [0.2, 0.25) is 5.02 Å². The van der Waals surface area contributed by atoms with E-state index in [4.69, 9.17) is 16.3 Å².